The number of benzene rings is 1. The maximum Gasteiger partial charge on any atom is 0.227 e. The van der Waals surface area contributed by atoms with E-state index in [1.807, 2.05) is 30.3 Å². The molecule has 2 atom stereocenters. The first-order valence-electron chi connectivity index (χ1n) is 9.67. The van der Waals surface area contributed by atoms with Crippen LogP contribution in [0.1, 0.15) is 13.8 Å². The lowest BCUT2D eigenvalue weighted by molar-refractivity contribution is -0.00571. The Hall–Kier alpha value is -3.39. The lowest BCUT2D eigenvalue weighted by Crippen LogP contribution is -2.46. The van der Waals surface area contributed by atoms with E-state index in [0.29, 0.717) is 17.6 Å². The number of ether oxygens (including phenoxy) is 1. The van der Waals surface area contributed by atoms with E-state index in [4.69, 9.17) is 9.15 Å². The Bertz CT molecular complexity index is 1130. The topological polar surface area (TPSA) is 92.1 Å². The van der Waals surface area contributed by atoms with E-state index in [1.165, 1.54) is 0 Å². The molecule has 1 aliphatic rings. The molecule has 0 spiro atoms. The molecule has 0 saturated carbocycles. The first-order chi connectivity index (χ1) is 14.1. The molecule has 4 heterocycles. The van der Waals surface area contributed by atoms with Crippen molar-refractivity contribution in [3.05, 3.63) is 48.9 Å². The third-order valence-electron chi connectivity index (χ3n) is 4.94. The van der Waals surface area contributed by atoms with E-state index in [-0.39, 0.29) is 12.2 Å². The monoisotopic (exact) mass is 390 g/mol. The van der Waals surface area contributed by atoms with Crippen molar-refractivity contribution in [2.24, 2.45) is 0 Å². The largest absolute Gasteiger partial charge is 0.464 e. The zero-order valence-electron chi connectivity index (χ0n) is 16.3. The number of morpholine rings is 1. The fourth-order valence-corrected chi connectivity index (χ4v) is 3.71. The van der Waals surface area contributed by atoms with Gasteiger partial charge in [0.25, 0.3) is 0 Å². The van der Waals surface area contributed by atoms with Gasteiger partial charge in [0.05, 0.1) is 24.2 Å². The number of furan rings is 1. The minimum absolute atomic E-state index is 0.153. The minimum atomic E-state index is 0.153. The molecule has 2 N–H and O–H groups in total. The summed E-state index contributed by atoms with van der Waals surface area (Å²) in [4.78, 5) is 11.2. The number of fused-ring (bicyclic) bond motifs is 1. The van der Waals surface area contributed by atoms with Crippen molar-refractivity contribution in [2.75, 3.05) is 23.3 Å². The number of rotatable bonds is 4. The molecule has 148 valence electrons. The maximum absolute atomic E-state index is 5.80. The zero-order valence-corrected chi connectivity index (χ0v) is 16.3. The molecule has 0 radical (unpaired) electrons. The maximum atomic E-state index is 5.80. The summed E-state index contributed by atoms with van der Waals surface area (Å²) in [5, 5.41) is 11.8. The quantitative estimate of drug-likeness (QED) is 0.545. The summed E-state index contributed by atoms with van der Waals surface area (Å²) in [6.07, 6.45) is 3.76. The fourth-order valence-electron chi connectivity index (χ4n) is 3.71. The molecule has 1 saturated heterocycles. The van der Waals surface area contributed by atoms with E-state index in [9.17, 15) is 0 Å². The number of anilines is 3. The van der Waals surface area contributed by atoms with E-state index in [1.54, 1.807) is 12.5 Å². The summed E-state index contributed by atoms with van der Waals surface area (Å²) in [6.45, 7) is 5.68. The Labute approximate surface area is 167 Å². The van der Waals surface area contributed by atoms with Crippen molar-refractivity contribution in [1.29, 1.82) is 0 Å². The normalized spacial score (nSPS) is 19.6. The molecule has 29 heavy (non-hydrogen) atoms. The van der Waals surface area contributed by atoms with Crippen LogP contribution in [-0.4, -0.2) is 45.5 Å². The summed E-state index contributed by atoms with van der Waals surface area (Å²) < 4.78 is 11.2. The molecule has 8 nitrogen and oxygen atoms in total. The van der Waals surface area contributed by atoms with Crippen LogP contribution in [0.4, 0.5) is 17.6 Å². The van der Waals surface area contributed by atoms with Crippen LogP contribution in [-0.2, 0) is 4.74 Å². The van der Waals surface area contributed by atoms with Gasteiger partial charge in [0.1, 0.15) is 11.4 Å². The summed E-state index contributed by atoms with van der Waals surface area (Å²) in [5.74, 6) is 2.09. The Balaban J connectivity index is 1.34. The molecular formula is C21H22N6O2. The van der Waals surface area contributed by atoms with E-state index in [2.05, 4.69) is 50.3 Å². The first-order valence-corrected chi connectivity index (χ1v) is 9.67. The number of aromatic amines is 1. The van der Waals surface area contributed by atoms with Gasteiger partial charge in [-0.2, -0.15) is 10.1 Å². The van der Waals surface area contributed by atoms with Gasteiger partial charge in [0, 0.05) is 36.3 Å². The van der Waals surface area contributed by atoms with Crippen molar-refractivity contribution in [1.82, 2.24) is 20.2 Å². The first kappa shape index (κ1) is 17.7. The van der Waals surface area contributed by atoms with Crippen LogP contribution < -0.4 is 10.2 Å². The van der Waals surface area contributed by atoms with Gasteiger partial charge in [-0.25, -0.2) is 4.98 Å². The molecule has 0 aliphatic carbocycles. The van der Waals surface area contributed by atoms with Crippen molar-refractivity contribution >= 4 is 28.6 Å². The van der Waals surface area contributed by atoms with Crippen molar-refractivity contribution in [2.45, 2.75) is 26.1 Å². The van der Waals surface area contributed by atoms with Crippen LogP contribution in [0.3, 0.4) is 0 Å². The standard InChI is InChI=1S/C21H22N6O2/c1-13-11-27(12-14(2)29-13)21-22-7-5-19(24-21)23-20-10-17(25-26-20)15-3-4-18-16(9-15)6-8-28-18/h3-10,13-14H,11-12H2,1-2H3,(H2,22,23,24,25,26)/t13-,14+. The van der Waals surface area contributed by atoms with Gasteiger partial charge in [-0.05, 0) is 44.2 Å². The van der Waals surface area contributed by atoms with Gasteiger partial charge in [-0.1, -0.05) is 0 Å². The molecule has 8 heteroatoms. The minimum Gasteiger partial charge on any atom is -0.464 e. The smallest absolute Gasteiger partial charge is 0.227 e. The molecule has 1 fully saturated rings. The molecule has 5 rings (SSSR count). The molecule has 4 aromatic rings. The second kappa shape index (κ2) is 7.21. The number of nitrogens with zero attached hydrogens (tertiary/aromatic N) is 4. The zero-order chi connectivity index (χ0) is 19.8. The second-order valence-electron chi connectivity index (χ2n) is 7.37. The van der Waals surface area contributed by atoms with Crippen molar-refractivity contribution in [3.8, 4) is 11.3 Å². The number of hydrogen-bond donors (Lipinski definition) is 2. The van der Waals surface area contributed by atoms with Gasteiger partial charge >= 0.3 is 0 Å². The molecule has 3 aromatic heterocycles. The summed E-state index contributed by atoms with van der Waals surface area (Å²) in [6, 6.07) is 11.8. The predicted molar refractivity (Wildman–Crippen MR) is 111 cm³/mol. The SMILES string of the molecule is C[C@@H]1CN(c2nccc(Nc3cc(-c4ccc5occc5c4)[nH]n3)n2)C[C@H](C)O1. The highest BCUT2D eigenvalue weighted by Crippen LogP contribution is 2.26. The average Bonchev–Trinajstić information content (AvgIpc) is 3.36. The van der Waals surface area contributed by atoms with Gasteiger partial charge in [0.2, 0.25) is 5.95 Å². The van der Waals surface area contributed by atoms with Crippen molar-refractivity contribution < 1.29 is 9.15 Å². The number of aromatic nitrogens is 4. The molecule has 1 aliphatic heterocycles. The van der Waals surface area contributed by atoms with Crippen LogP contribution in [0.15, 0.2) is 53.3 Å². The van der Waals surface area contributed by atoms with Crippen LogP contribution in [0.2, 0.25) is 0 Å². The summed E-state index contributed by atoms with van der Waals surface area (Å²) >= 11 is 0. The summed E-state index contributed by atoms with van der Waals surface area (Å²) in [7, 11) is 0. The lowest BCUT2D eigenvalue weighted by atomic mass is 10.1. The van der Waals surface area contributed by atoms with Crippen LogP contribution in [0.25, 0.3) is 22.2 Å². The Morgan fingerprint density at radius 1 is 1.07 bits per heavy atom. The van der Waals surface area contributed by atoms with E-state index < -0.39 is 0 Å². The van der Waals surface area contributed by atoms with Gasteiger partial charge in [-0.3, -0.25) is 5.10 Å². The van der Waals surface area contributed by atoms with Crippen LogP contribution in [0, 0.1) is 0 Å². The van der Waals surface area contributed by atoms with Crippen LogP contribution in [0.5, 0.6) is 0 Å². The third-order valence-corrected chi connectivity index (χ3v) is 4.94. The number of H-pyrrole nitrogens is 1. The van der Waals surface area contributed by atoms with Crippen LogP contribution >= 0.6 is 0 Å². The highest BCUT2D eigenvalue weighted by Gasteiger charge is 2.24. The molecular weight excluding hydrogens is 368 g/mol. The Morgan fingerprint density at radius 2 is 1.93 bits per heavy atom. The highest BCUT2D eigenvalue weighted by molar-refractivity contribution is 5.83. The summed E-state index contributed by atoms with van der Waals surface area (Å²) in [5.41, 5.74) is 2.83. The Morgan fingerprint density at radius 3 is 2.79 bits per heavy atom. The Kier molecular flexibility index (Phi) is 4.40. The number of hydrogen-bond acceptors (Lipinski definition) is 7. The van der Waals surface area contributed by atoms with E-state index in [0.717, 1.165) is 35.3 Å². The molecule has 0 bridgehead atoms. The van der Waals surface area contributed by atoms with Gasteiger partial charge < -0.3 is 19.4 Å². The van der Waals surface area contributed by atoms with Gasteiger partial charge in [0.15, 0.2) is 5.82 Å². The second-order valence-corrected chi connectivity index (χ2v) is 7.37. The highest BCUT2D eigenvalue weighted by atomic mass is 16.5. The molecule has 1 aromatic carbocycles. The van der Waals surface area contributed by atoms with Crippen molar-refractivity contribution in [3.63, 3.8) is 0 Å². The van der Waals surface area contributed by atoms with Gasteiger partial charge in [-0.15, -0.1) is 0 Å². The number of nitrogens with one attached hydrogen (secondary N) is 2. The molecule has 0 amide bonds. The predicted octanol–water partition coefficient (Wildman–Crippen LogP) is 3.97. The lowest BCUT2D eigenvalue weighted by Gasteiger charge is -2.35. The third kappa shape index (κ3) is 3.66. The fraction of sp³-hybridized carbons (Fsp3) is 0.286. The van der Waals surface area contributed by atoms with E-state index >= 15 is 0 Å². The average molecular weight is 390 g/mol. The molecule has 0 unspecified atom stereocenters.